The maximum Gasteiger partial charge on any atom is 0.0888 e. The van der Waals surface area contributed by atoms with Crippen molar-refractivity contribution in [3.05, 3.63) is 160 Å². The number of aliphatic imine (C=N–C) groups is 2. The molecule has 0 amide bonds. The van der Waals surface area contributed by atoms with Crippen LogP contribution in [-0.2, 0) is 6.42 Å². The molecule has 240 valence electrons. The number of nitrogens with zero attached hydrogens (tertiary/aromatic N) is 3. The van der Waals surface area contributed by atoms with Gasteiger partial charge in [-0.05, 0) is 84.9 Å². The van der Waals surface area contributed by atoms with Gasteiger partial charge in [-0.25, -0.2) is 4.98 Å². The molecule has 0 saturated carbocycles. The Hall–Kier alpha value is -5.19. The Balaban J connectivity index is 1.22. The number of thiophene rings is 1. The molecule has 4 heteroatoms. The summed E-state index contributed by atoms with van der Waals surface area (Å²) in [6, 6.07) is 28.0. The Labute approximate surface area is 292 Å². The zero-order valence-corrected chi connectivity index (χ0v) is 28.7. The summed E-state index contributed by atoms with van der Waals surface area (Å²) in [5, 5.41) is 2.60. The summed E-state index contributed by atoms with van der Waals surface area (Å²) >= 11 is 1.87. The molecule has 0 spiro atoms. The van der Waals surface area contributed by atoms with Crippen molar-refractivity contribution >= 4 is 56.4 Å². The molecular formula is C45H39N3S. The highest BCUT2D eigenvalue weighted by Gasteiger charge is 2.22. The third kappa shape index (κ3) is 6.37. The molecule has 2 atom stereocenters. The van der Waals surface area contributed by atoms with Gasteiger partial charge in [0.25, 0.3) is 0 Å². The van der Waals surface area contributed by atoms with E-state index in [-0.39, 0.29) is 0 Å². The van der Waals surface area contributed by atoms with Crippen molar-refractivity contribution in [1.29, 1.82) is 0 Å². The van der Waals surface area contributed by atoms with Gasteiger partial charge in [0.1, 0.15) is 0 Å². The summed E-state index contributed by atoms with van der Waals surface area (Å²) in [6.45, 7) is 7.02. The fraction of sp³-hybridized carbons (Fsp3) is 0.178. The largest absolute Gasteiger partial charge is 0.284 e. The van der Waals surface area contributed by atoms with Crippen LogP contribution in [0.15, 0.2) is 149 Å². The molecule has 3 aromatic carbocycles. The molecule has 0 saturated heterocycles. The Morgan fingerprint density at radius 2 is 1.80 bits per heavy atom. The molecule has 2 heterocycles. The van der Waals surface area contributed by atoms with Crippen molar-refractivity contribution in [3.8, 4) is 11.3 Å². The number of rotatable bonds is 8. The molecule has 2 aromatic heterocycles. The molecule has 3 aliphatic rings. The van der Waals surface area contributed by atoms with E-state index < -0.39 is 0 Å². The molecule has 0 N–H and O–H groups in total. The highest BCUT2D eigenvalue weighted by Crippen LogP contribution is 2.44. The molecule has 5 aromatic rings. The first-order valence-electron chi connectivity index (χ1n) is 17.3. The van der Waals surface area contributed by atoms with Crippen molar-refractivity contribution in [2.75, 3.05) is 6.54 Å². The summed E-state index contributed by atoms with van der Waals surface area (Å²) in [6.07, 6.45) is 23.9. The van der Waals surface area contributed by atoms with Crippen molar-refractivity contribution < 1.29 is 0 Å². The minimum Gasteiger partial charge on any atom is -0.284 e. The molecule has 8 rings (SSSR count). The normalized spacial score (nSPS) is 19.2. The number of hydrogen-bond donors (Lipinski definition) is 0. The summed E-state index contributed by atoms with van der Waals surface area (Å²) in [5.74, 6) is 0.896. The molecule has 0 fully saturated rings. The predicted molar refractivity (Wildman–Crippen MR) is 212 cm³/mol. The van der Waals surface area contributed by atoms with Crippen LogP contribution in [-0.4, -0.2) is 24.0 Å². The zero-order chi connectivity index (χ0) is 33.2. The SMILES string of the molecule is C=N/C(=C\C(=NCC1C=CC=CC1)c1cccc(-c2nc3ccccc3c3c4c(sc23)C=CC(C)C4)c1)C1=CC=C(c2ccccc2)CC1. The lowest BCUT2D eigenvalue weighted by Gasteiger charge is -2.16. The fourth-order valence-corrected chi connectivity index (χ4v) is 8.47. The molecule has 0 radical (unpaired) electrons. The second-order valence-electron chi connectivity index (χ2n) is 13.2. The number of hydrogen-bond acceptors (Lipinski definition) is 4. The van der Waals surface area contributed by atoms with E-state index in [2.05, 4.69) is 152 Å². The van der Waals surface area contributed by atoms with E-state index in [1.54, 1.807) is 0 Å². The molecule has 2 unspecified atom stereocenters. The minimum absolute atomic E-state index is 0.372. The summed E-state index contributed by atoms with van der Waals surface area (Å²) in [7, 11) is 0. The summed E-state index contributed by atoms with van der Waals surface area (Å²) < 4.78 is 1.26. The van der Waals surface area contributed by atoms with Crippen LogP contribution < -0.4 is 0 Å². The second-order valence-corrected chi connectivity index (χ2v) is 14.3. The molecular weight excluding hydrogens is 615 g/mol. The van der Waals surface area contributed by atoms with Crippen molar-refractivity contribution in [2.24, 2.45) is 21.8 Å². The van der Waals surface area contributed by atoms with Gasteiger partial charge in [-0.3, -0.25) is 9.98 Å². The number of benzene rings is 3. The molecule has 0 bridgehead atoms. The predicted octanol–water partition coefficient (Wildman–Crippen LogP) is 11.6. The first kappa shape index (κ1) is 31.1. The number of aromatic nitrogens is 1. The van der Waals surface area contributed by atoms with E-state index in [4.69, 9.17) is 9.98 Å². The van der Waals surface area contributed by atoms with E-state index in [0.29, 0.717) is 18.4 Å². The third-order valence-corrected chi connectivity index (χ3v) is 11.0. The monoisotopic (exact) mass is 653 g/mol. The van der Waals surface area contributed by atoms with Gasteiger partial charge >= 0.3 is 0 Å². The van der Waals surface area contributed by atoms with Gasteiger partial charge < -0.3 is 0 Å². The van der Waals surface area contributed by atoms with Gasteiger partial charge in [0, 0.05) is 39.2 Å². The van der Waals surface area contributed by atoms with Gasteiger partial charge in [0.15, 0.2) is 0 Å². The van der Waals surface area contributed by atoms with Gasteiger partial charge in [-0.2, -0.15) is 0 Å². The first-order valence-corrected chi connectivity index (χ1v) is 18.1. The summed E-state index contributed by atoms with van der Waals surface area (Å²) in [4.78, 5) is 16.5. The number of para-hydroxylation sites is 1. The Morgan fingerprint density at radius 1 is 0.939 bits per heavy atom. The smallest absolute Gasteiger partial charge is 0.0888 e. The third-order valence-electron chi connectivity index (χ3n) is 9.83. The van der Waals surface area contributed by atoms with Crippen LogP contribution in [0.1, 0.15) is 47.8 Å². The number of pyridine rings is 1. The van der Waals surface area contributed by atoms with E-state index in [1.165, 1.54) is 42.6 Å². The molecule has 49 heavy (non-hydrogen) atoms. The van der Waals surface area contributed by atoms with E-state index in [9.17, 15) is 0 Å². The summed E-state index contributed by atoms with van der Waals surface area (Å²) in [5.41, 5.74) is 11.3. The standard InChI is InChI=1S/C45H39N3S/c1-30-20-25-42-38(26-30)43-37-18-9-10-19-39(37)48-44(45(43)49-42)36-17-11-16-35(27-36)41(47-29-31-12-5-3-6-13-31)28-40(46-2)34-23-21-33(22-24-34)32-14-7-4-8-15-32/h3-12,14-21,23,25,27-28,30-31H,2,13,22,24,26,29H2,1H3/b40-28-,47-41?. The van der Waals surface area contributed by atoms with Gasteiger partial charge in [-0.1, -0.05) is 116 Å². The van der Waals surface area contributed by atoms with E-state index >= 15 is 0 Å². The second kappa shape index (κ2) is 13.7. The maximum atomic E-state index is 5.31. The number of allylic oxidation sites excluding steroid dienone is 9. The van der Waals surface area contributed by atoms with Gasteiger partial charge in [0.2, 0.25) is 0 Å². The minimum atomic E-state index is 0.372. The van der Waals surface area contributed by atoms with Crippen LogP contribution in [0.5, 0.6) is 0 Å². The van der Waals surface area contributed by atoms with Gasteiger partial charge in [-0.15, -0.1) is 11.3 Å². The van der Waals surface area contributed by atoms with Crippen molar-refractivity contribution in [3.63, 3.8) is 0 Å². The number of fused-ring (bicyclic) bond motifs is 5. The lowest BCUT2D eigenvalue weighted by molar-refractivity contribution is 0.671. The first-order chi connectivity index (χ1) is 24.1. The van der Waals surface area contributed by atoms with E-state index in [0.717, 1.165) is 59.4 Å². The fourth-order valence-electron chi connectivity index (χ4n) is 7.20. The lowest BCUT2D eigenvalue weighted by Crippen LogP contribution is -2.07. The zero-order valence-electron chi connectivity index (χ0n) is 27.8. The Morgan fingerprint density at radius 3 is 2.61 bits per heavy atom. The van der Waals surface area contributed by atoms with Crippen molar-refractivity contribution in [1.82, 2.24) is 4.98 Å². The Kier molecular flexibility index (Phi) is 8.72. The molecule has 3 nitrogen and oxygen atoms in total. The van der Waals surface area contributed by atoms with Crippen LogP contribution >= 0.6 is 11.3 Å². The van der Waals surface area contributed by atoms with Crippen LogP contribution in [0.3, 0.4) is 0 Å². The topological polar surface area (TPSA) is 37.6 Å². The average Bonchev–Trinajstić information content (AvgIpc) is 3.54. The molecule has 3 aliphatic carbocycles. The molecule has 0 aliphatic heterocycles. The van der Waals surface area contributed by atoms with Crippen LogP contribution in [0.4, 0.5) is 0 Å². The van der Waals surface area contributed by atoms with E-state index in [1.807, 2.05) is 11.3 Å². The van der Waals surface area contributed by atoms with Crippen LogP contribution in [0.2, 0.25) is 0 Å². The van der Waals surface area contributed by atoms with Gasteiger partial charge in [0.05, 0.1) is 27.3 Å². The highest BCUT2D eigenvalue weighted by molar-refractivity contribution is 7.20. The average molecular weight is 654 g/mol. The maximum absolute atomic E-state index is 5.31. The lowest BCUT2D eigenvalue weighted by atomic mass is 9.91. The van der Waals surface area contributed by atoms with Crippen LogP contribution in [0.25, 0.3) is 43.9 Å². The van der Waals surface area contributed by atoms with Crippen LogP contribution in [0, 0.1) is 11.8 Å². The quantitative estimate of drug-likeness (QED) is 0.154. The highest BCUT2D eigenvalue weighted by atomic mass is 32.1. The van der Waals surface area contributed by atoms with Crippen molar-refractivity contribution in [2.45, 2.75) is 32.6 Å². The Bertz CT molecular complexity index is 2290.